The van der Waals surface area contributed by atoms with E-state index in [1.54, 1.807) is 54.4 Å². The van der Waals surface area contributed by atoms with Gasteiger partial charge in [-0.05, 0) is 38.0 Å². The molecule has 1 aliphatic heterocycles. The van der Waals surface area contributed by atoms with Crippen molar-refractivity contribution >= 4 is 15.9 Å². The largest absolute Gasteiger partial charge is 0.472 e. The van der Waals surface area contributed by atoms with Crippen LogP contribution in [0.3, 0.4) is 0 Å². The van der Waals surface area contributed by atoms with E-state index in [1.165, 1.54) is 30.6 Å². The van der Waals surface area contributed by atoms with Crippen LogP contribution in [0.4, 0.5) is 0 Å². The number of rotatable bonds is 6. The SMILES string of the molecule is C[C@@H]1CN([C@@H](C)CO)C(=O)c2cc(C#CC3CCCCC3)cnc2O[C@H]1CN(C)S(=O)(=O)c1ccccc1. The highest BCUT2D eigenvalue weighted by atomic mass is 32.2. The minimum absolute atomic E-state index is 0.0677. The molecule has 0 spiro atoms. The van der Waals surface area contributed by atoms with Crippen molar-refractivity contribution < 1.29 is 23.1 Å². The van der Waals surface area contributed by atoms with Crippen LogP contribution in [0.2, 0.25) is 0 Å². The molecule has 9 heteroatoms. The maximum absolute atomic E-state index is 13.6. The molecule has 1 aromatic heterocycles. The zero-order valence-electron chi connectivity index (χ0n) is 22.3. The van der Waals surface area contributed by atoms with Gasteiger partial charge in [-0.15, -0.1) is 0 Å². The van der Waals surface area contributed by atoms with E-state index in [0.29, 0.717) is 18.0 Å². The molecule has 1 amide bonds. The van der Waals surface area contributed by atoms with Gasteiger partial charge in [-0.1, -0.05) is 56.2 Å². The highest BCUT2D eigenvalue weighted by Crippen LogP contribution is 2.28. The number of hydrogen-bond acceptors (Lipinski definition) is 6. The van der Waals surface area contributed by atoms with E-state index in [2.05, 4.69) is 16.8 Å². The Morgan fingerprint density at radius 3 is 2.61 bits per heavy atom. The Balaban J connectivity index is 1.65. The van der Waals surface area contributed by atoms with E-state index in [-0.39, 0.29) is 41.3 Å². The lowest BCUT2D eigenvalue weighted by Gasteiger charge is -2.37. The van der Waals surface area contributed by atoms with Crippen molar-refractivity contribution in [3.63, 3.8) is 0 Å². The normalized spacial score (nSPS) is 21.5. The van der Waals surface area contributed by atoms with Crippen LogP contribution in [0.15, 0.2) is 47.5 Å². The van der Waals surface area contributed by atoms with Crippen LogP contribution >= 0.6 is 0 Å². The van der Waals surface area contributed by atoms with Crippen LogP contribution in [-0.2, 0) is 10.0 Å². The fraction of sp³-hybridized carbons (Fsp3) is 0.517. The van der Waals surface area contributed by atoms with E-state index in [4.69, 9.17) is 4.74 Å². The second-order valence-corrected chi connectivity index (χ2v) is 12.4. The predicted octanol–water partition coefficient (Wildman–Crippen LogP) is 3.55. The number of carbonyl (C=O) groups excluding carboxylic acids is 1. The summed E-state index contributed by atoms with van der Waals surface area (Å²) in [7, 11) is -2.21. The van der Waals surface area contributed by atoms with E-state index in [9.17, 15) is 18.3 Å². The Bertz CT molecular complexity index is 1280. The van der Waals surface area contributed by atoms with Gasteiger partial charge in [-0.2, -0.15) is 4.31 Å². The standard InChI is InChI=1S/C29H37N3O5S/c1-21-18-32(22(2)20-33)29(34)26-16-24(15-14-23-10-6-4-7-11-23)17-30-28(26)37-27(21)19-31(3)38(35,36)25-12-8-5-9-13-25/h5,8-9,12-13,16-17,21-23,27,33H,4,6-7,10-11,18-20H2,1-3H3/t21-,22+,27+/m1/s1. The first-order valence-corrected chi connectivity index (χ1v) is 14.8. The molecule has 204 valence electrons. The van der Waals surface area contributed by atoms with E-state index in [1.807, 2.05) is 6.92 Å². The predicted molar refractivity (Wildman–Crippen MR) is 145 cm³/mol. The summed E-state index contributed by atoms with van der Waals surface area (Å²) in [6.45, 7) is 3.86. The molecule has 0 saturated heterocycles. The Morgan fingerprint density at radius 1 is 1.21 bits per heavy atom. The molecular formula is C29H37N3O5S. The average molecular weight is 540 g/mol. The zero-order valence-corrected chi connectivity index (χ0v) is 23.2. The topological polar surface area (TPSA) is 100 Å². The Hall–Kier alpha value is -2.93. The number of carbonyl (C=O) groups is 1. The van der Waals surface area contributed by atoms with Crippen LogP contribution in [-0.4, -0.2) is 72.5 Å². The number of benzene rings is 1. The molecule has 38 heavy (non-hydrogen) atoms. The number of hydrogen-bond donors (Lipinski definition) is 1. The first kappa shape index (κ1) is 28.1. The molecule has 4 rings (SSSR count). The van der Waals surface area contributed by atoms with Gasteiger partial charge in [-0.3, -0.25) is 4.79 Å². The van der Waals surface area contributed by atoms with Gasteiger partial charge in [0.2, 0.25) is 15.9 Å². The molecule has 0 bridgehead atoms. The number of likely N-dealkylation sites (N-methyl/N-ethyl adjacent to an activating group) is 1. The molecule has 2 aliphatic rings. The number of aliphatic hydroxyl groups is 1. The van der Waals surface area contributed by atoms with Crippen LogP contribution in [0.25, 0.3) is 0 Å². The number of sulfonamides is 1. The summed E-state index contributed by atoms with van der Waals surface area (Å²) < 4.78 is 33.9. The molecule has 0 unspecified atom stereocenters. The van der Waals surface area contributed by atoms with Crippen LogP contribution in [0, 0.1) is 23.7 Å². The molecule has 3 atom stereocenters. The highest BCUT2D eigenvalue weighted by Gasteiger charge is 2.35. The summed E-state index contributed by atoms with van der Waals surface area (Å²) >= 11 is 0. The second-order valence-electron chi connectivity index (χ2n) is 10.4. The van der Waals surface area contributed by atoms with E-state index in [0.717, 1.165) is 12.8 Å². The summed E-state index contributed by atoms with van der Waals surface area (Å²) in [5.41, 5.74) is 0.906. The quantitative estimate of drug-likeness (QED) is 0.564. The van der Waals surface area contributed by atoms with Crippen molar-refractivity contribution in [1.82, 2.24) is 14.2 Å². The fourth-order valence-electron chi connectivity index (χ4n) is 4.94. The van der Waals surface area contributed by atoms with Crippen molar-refractivity contribution in [2.45, 2.75) is 63.0 Å². The van der Waals surface area contributed by atoms with Gasteiger partial charge in [0.25, 0.3) is 5.91 Å². The molecule has 2 aromatic rings. The number of pyridine rings is 1. The smallest absolute Gasteiger partial charge is 0.259 e. The Labute approximate surface area is 226 Å². The monoisotopic (exact) mass is 539 g/mol. The van der Waals surface area contributed by atoms with Crippen molar-refractivity contribution in [1.29, 1.82) is 0 Å². The molecule has 1 saturated carbocycles. The number of aromatic nitrogens is 1. The number of amides is 1. The summed E-state index contributed by atoms with van der Waals surface area (Å²) in [6.07, 6.45) is 6.85. The maximum atomic E-state index is 13.6. The first-order chi connectivity index (χ1) is 18.2. The van der Waals surface area contributed by atoms with Gasteiger partial charge in [-0.25, -0.2) is 13.4 Å². The molecular weight excluding hydrogens is 502 g/mol. The van der Waals surface area contributed by atoms with Gasteiger partial charge < -0.3 is 14.7 Å². The first-order valence-electron chi connectivity index (χ1n) is 13.3. The third-order valence-electron chi connectivity index (χ3n) is 7.44. The summed E-state index contributed by atoms with van der Waals surface area (Å²) in [6, 6.07) is 9.53. The number of ether oxygens (including phenoxy) is 1. The summed E-state index contributed by atoms with van der Waals surface area (Å²) in [4.78, 5) is 19.9. The summed E-state index contributed by atoms with van der Waals surface area (Å²) in [5, 5.41) is 9.88. The number of nitrogens with zero attached hydrogens (tertiary/aromatic N) is 3. The summed E-state index contributed by atoms with van der Waals surface area (Å²) in [5.74, 6) is 6.52. The van der Waals surface area contributed by atoms with Gasteiger partial charge in [0.05, 0.1) is 24.1 Å². The van der Waals surface area contributed by atoms with Gasteiger partial charge in [0.1, 0.15) is 11.7 Å². The lowest BCUT2D eigenvalue weighted by molar-refractivity contribution is 0.0373. The van der Waals surface area contributed by atoms with Crippen molar-refractivity contribution in [2.75, 3.05) is 26.7 Å². The minimum atomic E-state index is -3.74. The van der Waals surface area contributed by atoms with Crippen LogP contribution in [0.1, 0.15) is 61.9 Å². The van der Waals surface area contributed by atoms with Gasteiger partial charge >= 0.3 is 0 Å². The Morgan fingerprint density at radius 2 is 1.92 bits per heavy atom. The van der Waals surface area contributed by atoms with E-state index < -0.39 is 22.2 Å². The Kier molecular flexibility index (Phi) is 9.08. The van der Waals surface area contributed by atoms with Crippen molar-refractivity contribution in [2.24, 2.45) is 11.8 Å². The molecule has 1 aromatic carbocycles. The van der Waals surface area contributed by atoms with E-state index >= 15 is 0 Å². The fourth-order valence-corrected chi connectivity index (χ4v) is 6.15. The average Bonchev–Trinajstić information content (AvgIpc) is 2.94. The minimum Gasteiger partial charge on any atom is -0.472 e. The third kappa shape index (κ3) is 6.37. The molecule has 1 fully saturated rings. The molecule has 0 radical (unpaired) electrons. The highest BCUT2D eigenvalue weighted by molar-refractivity contribution is 7.89. The third-order valence-corrected chi connectivity index (χ3v) is 9.27. The molecule has 2 heterocycles. The van der Waals surface area contributed by atoms with Crippen molar-refractivity contribution in [3.8, 4) is 17.7 Å². The number of fused-ring (bicyclic) bond motifs is 1. The molecule has 1 aliphatic carbocycles. The lowest BCUT2D eigenvalue weighted by atomic mass is 9.90. The van der Waals surface area contributed by atoms with Gasteiger partial charge in [0.15, 0.2) is 0 Å². The van der Waals surface area contributed by atoms with Crippen LogP contribution in [0.5, 0.6) is 5.88 Å². The van der Waals surface area contributed by atoms with Crippen molar-refractivity contribution in [3.05, 3.63) is 53.7 Å². The van der Waals surface area contributed by atoms with Gasteiger partial charge in [0, 0.05) is 37.2 Å². The second kappa shape index (κ2) is 12.3. The lowest BCUT2D eigenvalue weighted by Crippen LogP contribution is -2.50. The zero-order chi connectivity index (χ0) is 27.3. The maximum Gasteiger partial charge on any atom is 0.259 e. The molecule has 1 N–H and O–H groups in total. The van der Waals surface area contributed by atoms with Crippen LogP contribution < -0.4 is 4.74 Å². The molecule has 8 nitrogen and oxygen atoms in total. The number of aliphatic hydroxyl groups excluding tert-OH is 1.